The van der Waals surface area contributed by atoms with Gasteiger partial charge in [-0.15, -0.1) is 0 Å². The Kier molecular flexibility index (Phi) is 5.16. The molecule has 1 amide bonds. The first-order chi connectivity index (χ1) is 14.0. The summed E-state index contributed by atoms with van der Waals surface area (Å²) in [6.45, 7) is 0.516. The van der Waals surface area contributed by atoms with Crippen LogP contribution in [0.1, 0.15) is 23.1 Å². The van der Waals surface area contributed by atoms with Crippen molar-refractivity contribution in [1.82, 2.24) is 14.5 Å². The zero-order valence-electron chi connectivity index (χ0n) is 16.4. The Labute approximate surface area is 169 Å². The van der Waals surface area contributed by atoms with Gasteiger partial charge < -0.3 is 14.2 Å². The third-order valence-corrected chi connectivity index (χ3v) is 5.40. The molecule has 4 rings (SSSR count). The summed E-state index contributed by atoms with van der Waals surface area (Å²) in [4.78, 5) is 32.6. The lowest BCUT2D eigenvalue weighted by Crippen LogP contribution is -2.33. The summed E-state index contributed by atoms with van der Waals surface area (Å²) < 4.78 is 7.54. The number of esters is 1. The minimum absolute atomic E-state index is 0.0699. The molecule has 2 heterocycles. The van der Waals surface area contributed by atoms with E-state index in [2.05, 4.69) is 4.98 Å². The number of hydrogen-bond acceptors (Lipinski definition) is 4. The molecule has 6 heteroatoms. The number of nitrogens with zero attached hydrogens (tertiary/aromatic N) is 3. The van der Waals surface area contributed by atoms with Crippen LogP contribution in [0.25, 0.3) is 0 Å². The van der Waals surface area contributed by atoms with E-state index in [0.29, 0.717) is 12.3 Å². The molecule has 1 aromatic heterocycles. The smallest absolute Gasteiger partial charge is 0.319 e. The number of hydrogen-bond donors (Lipinski definition) is 0. The Morgan fingerprint density at radius 1 is 1.07 bits per heavy atom. The summed E-state index contributed by atoms with van der Waals surface area (Å²) in [5.74, 6) is -1.53. The van der Waals surface area contributed by atoms with Crippen LogP contribution in [0.4, 0.5) is 0 Å². The highest BCUT2D eigenvalue weighted by atomic mass is 16.5. The maximum absolute atomic E-state index is 13.3. The van der Waals surface area contributed by atoms with E-state index in [4.69, 9.17) is 4.74 Å². The molecule has 0 aliphatic carbocycles. The highest BCUT2D eigenvalue weighted by molar-refractivity contribution is 5.91. The summed E-state index contributed by atoms with van der Waals surface area (Å²) in [6, 6.07) is 18.3. The predicted molar refractivity (Wildman–Crippen MR) is 108 cm³/mol. The topological polar surface area (TPSA) is 64.4 Å². The van der Waals surface area contributed by atoms with Gasteiger partial charge in [0, 0.05) is 32.8 Å². The van der Waals surface area contributed by atoms with Crippen molar-refractivity contribution in [1.29, 1.82) is 0 Å². The molecular weight excluding hydrogens is 366 g/mol. The maximum atomic E-state index is 13.3. The number of amides is 1. The number of aromatic nitrogens is 2. The normalized spacial score (nSPS) is 19.9. The largest absolute Gasteiger partial charge is 0.426 e. The van der Waals surface area contributed by atoms with Gasteiger partial charge in [-0.3, -0.25) is 9.59 Å². The average Bonchev–Trinajstić information content (AvgIpc) is 3.28. The van der Waals surface area contributed by atoms with Crippen molar-refractivity contribution >= 4 is 11.9 Å². The SMILES string of the molecule is CN1C[C@@H](c2cn(C)cn2)[C@H]([C@H](C(=O)Oc2ccccc2)c2ccccc2)C1=O. The summed E-state index contributed by atoms with van der Waals surface area (Å²) >= 11 is 0. The molecule has 1 saturated heterocycles. The van der Waals surface area contributed by atoms with Gasteiger partial charge in [0.05, 0.1) is 23.9 Å². The molecule has 0 saturated carbocycles. The quantitative estimate of drug-likeness (QED) is 0.497. The van der Waals surface area contributed by atoms with Crippen LogP contribution in [0, 0.1) is 5.92 Å². The third-order valence-electron chi connectivity index (χ3n) is 5.40. The van der Waals surface area contributed by atoms with E-state index in [1.807, 2.05) is 66.3 Å². The van der Waals surface area contributed by atoms with Crippen molar-refractivity contribution in [2.45, 2.75) is 11.8 Å². The van der Waals surface area contributed by atoms with Gasteiger partial charge in [0.25, 0.3) is 0 Å². The minimum Gasteiger partial charge on any atom is -0.426 e. The molecule has 1 fully saturated rings. The summed E-state index contributed by atoms with van der Waals surface area (Å²) in [5, 5.41) is 0. The van der Waals surface area contributed by atoms with E-state index in [9.17, 15) is 9.59 Å². The molecule has 0 unspecified atom stereocenters. The second-order valence-electron chi connectivity index (χ2n) is 7.44. The fraction of sp³-hybridized carbons (Fsp3) is 0.261. The van der Waals surface area contributed by atoms with Crippen LogP contribution in [0.15, 0.2) is 73.2 Å². The first kappa shape index (κ1) is 18.9. The molecule has 0 radical (unpaired) electrons. The zero-order valence-corrected chi connectivity index (χ0v) is 16.4. The Balaban J connectivity index is 1.74. The van der Waals surface area contributed by atoms with Gasteiger partial charge in [0.15, 0.2) is 0 Å². The molecular formula is C23H23N3O3. The highest BCUT2D eigenvalue weighted by Gasteiger charge is 2.48. The van der Waals surface area contributed by atoms with Crippen LogP contribution >= 0.6 is 0 Å². The molecule has 3 aromatic rings. The number of ether oxygens (including phenoxy) is 1. The number of carbonyl (C=O) groups excluding carboxylic acids is 2. The van der Waals surface area contributed by atoms with Gasteiger partial charge in [-0.1, -0.05) is 48.5 Å². The standard InChI is InChI=1S/C23H23N3O3/c1-25-14-19(24-15-25)18-13-26(2)22(27)21(18)20(16-9-5-3-6-10-16)23(28)29-17-11-7-4-8-12-17/h3-12,14-15,18,20-21H,13H2,1-2H3/t18-,20+,21+/m0/s1. The number of imidazole rings is 1. The predicted octanol–water partition coefficient (Wildman–Crippen LogP) is 2.98. The highest BCUT2D eigenvalue weighted by Crippen LogP contribution is 2.42. The van der Waals surface area contributed by atoms with E-state index in [1.54, 1.807) is 30.4 Å². The first-order valence-corrected chi connectivity index (χ1v) is 9.59. The molecule has 0 spiro atoms. The van der Waals surface area contributed by atoms with Crippen molar-refractivity contribution in [3.63, 3.8) is 0 Å². The molecule has 1 aliphatic heterocycles. The number of likely N-dealkylation sites (N-methyl/N-ethyl adjacent to an activating group) is 1. The average molecular weight is 389 g/mol. The van der Waals surface area contributed by atoms with E-state index in [0.717, 1.165) is 11.3 Å². The molecule has 0 bridgehead atoms. The molecule has 29 heavy (non-hydrogen) atoms. The van der Waals surface area contributed by atoms with Gasteiger partial charge in [-0.25, -0.2) is 4.98 Å². The van der Waals surface area contributed by atoms with Gasteiger partial charge >= 0.3 is 5.97 Å². The minimum atomic E-state index is -0.721. The van der Waals surface area contributed by atoms with Crippen molar-refractivity contribution < 1.29 is 14.3 Å². The molecule has 148 valence electrons. The zero-order chi connectivity index (χ0) is 20.4. The van der Waals surface area contributed by atoms with Gasteiger partial charge in [0.2, 0.25) is 5.91 Å². The Morgan fingerprint density at radius 3 is 2.34 bits per heavy atom. The number of likely N-dealkylation sites (tertiary alicyclic amines) is 1. The van der Waals surface area contributed by atoms with Crippen LogP contribution < -0.4 is 4.74 Å². The van der Waals surface area contributed by atoms with Crippen molar-refractivity contribution in [3.8, 4) is 5.75 Å². The van der Waals surface area contributed by atoms with E-state index < -0.39 is 17.8 Å². The molecule has 0 N–H and O–H groups in total. The third kappa shape index (κ3) is 3.78. The number of carbonyl (C=O) groups is 2. The summed E-state index contributed by atoms with van der Waals surface area (Å²) in [6.07, 6.45) is 3.63. The van der Waals surface area contributed by atoms with E-state index in [1.165, 1.54) is 0 Å². The van der Waals surface area contributed by atoms with Crippen LogP contribution in [0.3, 0.4) is 0 Å². The second kappa shape index (κ2) is 7.91. The van der Waals surface area contributed by atoms with Crippen LogP contribution in [-0.2, 0) is 16.6 Å². The molecule has 6 nitrogen and oxygen atoms in total. The lowest BCUT2D eigenvalue weighted by Gasteiger charge is -2.24. The molecule has 1 aliphatic rings. The van der Waals surface area contributed by atoms with Crippen molar-refractivity contribution in [2.75, 3.05) is 13.6 Å². The van der Waals surface area contributed by atoms with Gasteiger partial charge in [-0.2, -0.15) is 0 Å². The molecule has 3 atom stereocenters. The van der Waals surface area contributed by atoms with Gasteiger partial charge in [-0.05, 0) is 17.7 Å². The molecule has 2 aromatic carbocycles. The summed E-state index contributed by atoms with van der Waals surface area (Å²) in [7, 11) is 3.66. The van der Waals surface area contributed by atoms with Crippen molar-refractivity contribution in [2.24, 2.45) is 13.0 Å². The second-order valence-corrected chi connectivity index (χ2v) is 7.44. The summed E-state index contributed by atoms with van der Waals surface area (Å²) in [5.41, 5.74) is 1.58. The number of para-hydroxylation sites is 1. The van der Waals surface area contributed by atoms with Crippen LogP contribution in [0.5, 0.6) is 5.75 Å². The number of benzene rings is 2. The lowest BCUT2D eigenvalue weighted by atomic mass is 9.78. The van der Waals surface area contributed by atoms with Crippen LogP contribution in [-0.4, -0.2) is 39.9 Å². The Morgan fingerprint density at radius 2 is 1.72 bits per heavy atom. The fourth-order valence-corrected chi connectivity index (χ4v) is 4.02. The maximum Gasteiger partial charge on any atom is 0.319 e. The number of aryl methyl sites for hydroxylation is 1. The van der Waals surface area contributed by atoms with Gasteiger partial charge in [0.1, 0.15) is 5.75 Å². The Bertz CT molecular complexity index is 1000. The van der Waals surface area contributed by atoms with Crippen molar-refractivity contribution in [3.05, 3.63) is 84.4 Å². The van der Waals surface area contributed by atoms with E-state index in [-0.39, 0.29) is 11.8 Å². The first-order valence-electron chi connectivity index (χ1n) is 9.59. The number of rotatable bonds is 5. The van der Waals surface area contributed by atoms with E-state index >= 15 is 0 Å². The Hall–Kier alpha value is -3.41. The van der Waals surface area contributed by atoms with Crippen LogP contribution in [0.2, 0.25) is 0 Å². The lowest BCUT2D eigenvalue weighted by molar-refractivity contribution is -0.142. The monoisotopic (exact) mass is 389 g/mol. The fourth-order valence-electron chi connectivity index (χ4n) is 4.02.